The van der Waals surface area contributed by atoms with Crippen molar-refractivity contribution in [2.45, 2.75) is 45.3 Å². The largest absolute Gasteiger partial charge is 0.383 e. The van der Waals surface area contributed by atoms with Crippen molar-refractivity contribution in [3.63, 3.8) is 0 Å². The molecule has 0 aromatic carbocycles. The zero-order valence-corrected chi connectivity index (χ0v) is 13.5. The van der Waals surface area contributed by atoms with Gasteiger partial charge in [-0.15, -0.1) is 0 Å². The van der Waals surface area contributed by atoms with Crippen LogP contribution in [0.2, 0.25) is 0 Å². The molecule has 4 nitrogen and oxygen atoms in total. The summed E-state index contributed by atoms with van der Waals surface area (Å²) in [4.78, 5) is 0. The lowest BCUT2D eigenvalue weighted by Crippen LogP contribution is -2.42. The number of hydrogen-bond donors (Lipinski definition) is 1. The Hall–Kier alpha value is -0.390. The fourth-order valence-electron chi connectivity index (χ4n) is 3.12. The molecule has 3 unspecified atom stereocenters. The van der Waals surface area contributed by atoms with Crippen molar-refractivity contribution in [3.8, 4) is 0 Å². The molecule has 1 aromatic rings. The zero-order valence-electron chi connectivity index (χ0n) is 11.9. The van der Waals surface area contributed by atoms with Crippen molar-refractivity contribution in [1.82, 2.24) is 9.78 Å². The molecule has 1 heterocycles. The molecule has 1 aliphatic rings. The molecule has 1 aromatic heterocycles. The molecular weight excluding hydrogens is 308 g/mol. The van der Waals surface area contributed by atoms with Gasteiger partial charge < -0.3 is 9.84 Å². The summed E-state index contributed by atoms with van der Waals surface area (Å²) >= 11 is 3.54. The standard InChI is InChI=1S/C14H23BrN2O2/c1-10-5-4-6-14(18,11(10)2)13-12(15)9-16-17(13)7-8-19-3/h9-11,18H,4-8H2,1-3H3. The molecule has 1 aliphatic carbocycles. The number of nitrogens with zero attached hydrogens (tertiary/aromatic N) is 2. The summed E-state index contributed by atoms with van der Waals surface area (Å²) in [6, 6.07) is 0. The minimum atomic E-state index is -0.791. The SMILES string of the molecule is COCCn1ncc(Br)c1C1(O)CCCC(C)C1C. The zero-order chi connectivity index (χ0) is 14.0. The third-order valence-corrected chi connectivity index (χ3v) is 5.12. The fourth-order valence-corrected chi connectivity index (χ4v) is 3.76. The number of methoxy groups -OCH3 is 1. The lowest BCUT2D eigenvalue weighted by Gasteiger charge is -2.42. The van der Waals surface area contributed by atoms with Gasteiger partial charge in [0, 0.05) is 7.11 Å². The second-order valence-electron chi connectivity index (χ2n) is 5.64. The van der Waals surface area contributed by atoms with Gasteiger partial charge in [-0.1, -0.05) is 20.3 Å². The smallest absolute Gasteiger partial charge is 0.110 e. The van der Waals surface area contributed by atoms with Gasteiger partial charge in [0.1, 0.15) is 5.60 Å². The molecule has 108 valence electrons. The highest BCUT2D eigenvalue weighted by atomic mass is 79.9. The summed E-state index contributed by atoms with van der Waals surface area (Å²) in [7, 11) is 1.68. The van der Waals surface area contributed by atoms with Gasteiger partial charge >= 0.3 is 0 Å². The van der Waals surface area contributed by atoms with Gasteiger partial charge in [0.15, 0.2) is 0 Å². The van der Waals surface area contributed by atoms with Gasteiger partial charge in [-0.3, -0.25) is 4.68 Å². The van der Waals surface area contributed by atoms with E-state index in [2.05, 4.69) is 34.9 Å². The molecule has 0 spiro atoms. The van der Waals surface area contributed by atoms with Crippen LogP contribution in [0.3, 0.4) is 0 Å². The molecule has 0 saturated heterocycles. The van der Waals surface area contributed by atoms with Crippen LogP contribution in [-0.2, 0) is 16.9 Å². The quantitative estimate of drug-likeness (QED) is 0.923. The van der Waals surface area contributed by atoms with E-state index >= 15 is 0 Å². The average Bonchev–Trinajstić information content (AvgIpc) is 2.75. The molecule has 5 heteroatoms. The van der Waals surface area contributed by atoms with Crippen molar-refractivity contribution < 1.29 is 9.84 Å². The highest BCUT2D eigenvalue weighted by Crippen LogP contribution is 2.46. The number of halogens is 1. The van der Waals surface area contributed by atoms with Gasteiger partial charge in [0.25, 0.3) is 0 Å². The van der Waals surface area contributed by atoms with Crippen LogP contribution in [0.25, 0.3) is 0 Å². The lowest BCUT2D eigenvalue weighted by atomic mass is 9.69. The summed E-state index contributed by atoms with van der Waals surface area (Å²) in [5.41, 5.74) is 0.115. The summed E-state index contributed by atoms with van der Waals surface area (Å²) in [5.74, 6) is 0.756. The number of hydrogen-bond acceptors (Lipinski definition) is 3. The van der Waals surface area contributed by atoms with Crippen molar-refractivity contribution in [1.29, 1.82) is 0 Å². The van der Waals surface area contributed by atoms with E-state index in [1.54, 1.807) is 13.3 Å². The molecule has 0 radical (unpaired) electrons. The van der Waals surface area contributed by atoms with E-state index in [4.69, 9.17) is 4.74 Å². The number of ether oxygens (including phenoxy) is 1. The summed E-state index contributed by atoms with van der Waals surface area (Å²) in [6.07, 6.45) is 4.82. The second kappa shape index (κ2) is 5.94. The van der Waals surface area contributed by atoms with E-state index in [0.29, 0.717) is 19.1 Å². The Kier molecular flexibility index (Phi) is 4.69. The number of aromatic nitrogens is 2. The van der Waals surface area contributed by atoms with E-state index in [9.17, 15) is 5.11 Å². The van der Waals surface area contributed by atoms with Crippen LogP contribution in [0.4, 0.5) is 0 Å². The Morgan fingerprint density at radius 1 is 1.58 bits per heavy atom. The maximum absolute atomic E-state index is 11.2. The minimum Gasteiger partial charge on any atom is -0.383 e. The first kappa shape index (κ1) is 15.0. The van der Waals surface area contributed by atoms with E-state index < -0.39 is 5.60 Å². The van der Waals surface area contributed by atoms with Gasteiger partial charge in [-0.2, -0.15) is 5.10 Å². The van der Waals surface area contributed by atoms with Crippen LogP contribution in [0.15, 0.2) is 10.7 Å². The van der Waals surface area contributed by atoms with Crippen molar-refractivity contribution in [2.24, 2.45) is 11.8 Å². The highest BCUT2D eigenvalue weighted by Gasteiger charge is 2.44. The number of aliphatic hydroxyl groups is 1. The molecular formula is C14H23BrN2O2. The molecule has 0 aliphatic heterocycles. The normalized spacial score (nSPS) is 31.6. The summed E-state index contributed by atoms with van der Waals surface area (Å²) in [5, 5.41) is 15.6. The first-order valence-corrected chi connectivity index (χ1v) is 7.73. The van der Waals surface area contributed by atoms with Gasteiger partial charge in [-0.25, -0.2) is 0 Å². The van der Waals surface area contributed by atoms with E-state index in [-0.39, 0.29) is 5.92 Å². The first-order valence-electron chi connectivity index (χ1n) is 6.93. The molecule has 3 atom stereocenters. The van der Waals surface area contributed by atoms with Gasteiger partial charge in [0.2, 0.25) is 0 Å². The number of rotatable bonds is 4. The first-order chi connectivity index (χ1) is 9.00. The predicted octanol–water partition coefficient (Wildman–Crippen LogP) is 2.94. The van der Waals surface area contributed by atoms with Gasteiger partial charge in [0.05, 0.1) is 29.5 Å². The van der Waals surface area contributed by atoms with Gasteiger partial charge in [-0.05, 0) is 40.6 Å². The molecule has 0 amide bonds. The Bertz CT molecular complexity index is 435. The van der Waals surface area contributed by atoms with Crippen LogP contribution in [0, 0.1) is 11.8 Å². The van der Waals surface area contributed by atoms with E-state index in [1.165, 1.54) is 6.42 Å². The Labute approximate surface area is 123 Å². The third-order valence-electron chi connectivity index (χ3n) is 4.54. The minimum absolute atomic E-state index is 0.232. The molecule has 1 saturated carbocycles. The van der Waals surface area contributed by atoms with Crippen molar-refractivity contribution >= 4 is 15.9 Å². The van der Waals surface area contributed by atoms with Crippen molar-refractivity contribution in [3.05, 3.63) is 16.4 Å². The topological polar surface area (TPSA) is 47.3 Å². The molecule has 1 N–H and O–H groups in total. The van der Waals surface area contributed by atoms with Crippen LogP contribution < -0.4 is 0 Å². The summed E-state index contributed by atoms with van der Waals surface area (Å²) in [6.45, 7) is 5.63. The molecule has 1 fully saturated rings. The fraction of sp³-hybridized carbons (Fsp3) is 0.786. The Morgan fingerprint density at radius 2 is 2.32 bits per heavy atom. The van der Waals surface area contributed by atoms with E-state index in [1.807, 2.05) is 4.68 Å². The average molecular weight is 331 g/mol. The maximum atomic E-state index is 11.2. The van der Waals surface area contributed by atoms with Crippen molar-refractivity contribution in [2.75, 3.05) is 13.7 Å². The second-order valence-corrected chi connectivity index (χ2v) is 6.49. The van der Waals surface area contributed by atoms with Crippen LogP contribution in [0.1, 0.15) is 38.8 Å². The monoisotopic (exact) mass is 330 g/mol. The molecule has 19 heavy (non-hydrogen) atoms. The summed E-state index contributed by atoms with van der Waals surface area (Å²) < 4.78 is 7.89. The Morgan fingerprint density at radius 3 is 3.00 bits per heavy atom. The highest BCUT2D eigenvalue weighted by molar-refractivity contribution is 9.10. The van der Waals surface area contributed by atoms with Crippen LogP contribution in [-0.4, -0.2) is 28.6 Å². The van der Waals surface area contributed by atoms with Crippen LogP contribution in [0.5, 0.6) is 0 Å². The van der Waals surface area contributed by atoms with E-state index in [0.717, 1.165) is 23.0 Å². The molecule has 0 bridgehead atoms. The maximum Gasteiger partial charge on any atom is 0.110 e. The van der Waals surface area contributed by atoms with Crippen LogP contribution >= 0.6 is 15.9 Å². The third kappa shape index (κ3) is 2.73. The molecule has 2 rings (SSSR count). The lowest BCUT2D eigenvalue weighted by molar-refractivity contribution is -0.0762. The Balaban J connectivity index is 2.35. The predicted molar refractivity (Wildman–Crippen MR) is 77.9 cm³/mol.